The lowest BCUT2D eigenvalue weighted by Gasteiger charge is -2.19. The monoisotopic (exact) mass is 382 g/mol. The quantitative estimate of drug-likeness (QED) is 0.769. The molecule has 7 heteroatoms. The molecule has 28 heavy (non-hydrogen) atoms. The zero-order valence-electron chi connectivity index (χ0n) is 16.3. The van der Waals surface area contributed by atoms with Gasteiger partial charge in [0.05, 0.1) is 31.5 Å². The Balaban J connectivity index is 1.63. The van der Waals surface area contributed by atoms with Crippen molar-refractivity contribution < 1.29 is 14.3 Å². The van der Waals surface area contributed by atoms with Crippen LogP contribution in [-0.4, -0.2) is 37.0 Å². The molecule has 1 atom stereocenters. The Bertz CT molecular complexity index is 799. The number of anilines is 2. The first-order valence-electron chi connectivity index (χ1n) is 9.47. The van der Waals surface area contributed by atoms with Gasteiger partial charge in [-0.15, -0.1) is 0 Å². The molecule has 1 saturated heterocycles. The number of carbonyl (C=O) groups excluding carboxylic acids is 2. The molecule has 2 amide bonds. The van der Waals surface area contributed by atoms with Crippen LogP contribution in [0.3, 0.4) is 0 Å². The smallest absolute Gasteiger partial charge is 0.226 e. The first-order valence-corrected chi connectivity index (χ1v) is 9.47. The predicted molar refractivity (Wildman–Crippen MR) is 108 cm³/mol. The van der Waals surface area contributed by atoms with Crippen LogP contribution in [0.2, 0.25) is 0 Å². The summed E-state index contributed by atoms with van der Waals surface area (Å²) >= 11 is 0. The molecule has 0 spiro atoms. The first-order chi connectivity index (χ1) is 13.5. The molecule has 1 aromatic carbocycles. The van der Waals surface area contributed by atoms with Gasteiger partial charge in [-0.25, -0.2) is 4.98 Å². The Labute approximate surface area is 165 Å². The fraction of sp³-hybridized carbons (Fsp3) is 0.381. The first kappa shape index (κ1) is 19.7. The molecule has 1 aromatic heterocycles. The van der Waals surface area contributed by atoms with Crippen LogP contribution in [0.15, 0.2) is 42.6 Å². The SMILES string of the molecule is COc1ccc(C(CC(=O)Nc2ccc(N3CCCC3)nc2)NC(C)=O)cc1. The second-order valence-corrected chi connectivity index (χ2v) is 6.88. The summed E-state index contributed by atoms with van der Waals surface area (Å²) in [5.74, 6) is 1.28. The van der Waals surface area contributed by atoms with Crippen molar-refractivity contribution in [3.63, 3.8) is 0 Å². The number of hydrogen-bond acceptors (Lipinski definition) is 5. The summed E-state index contributed by atoms with van der Waals surface area (Å²) in [6.07, 6.45) is 4.18. The third kappa shape index (κ3) is 5.22. The maximum absolute atomic E-state index is 12.5. The van der Waals surface area contributed by atoms with Gasteiger partial charge in [0.1, 0.15) is 11.6 Å². The minimum Gasteiger partial charge on any atom is -0.497 e. The number of benzene rings is 1. The van der Waals surface area contributed by atoms with E-state index in [1.165, 1.54) is 19.8 Å². The second kappa shape index (κ2) is 9.21. The lowest BCUT2D eigenvalue weighted by Crippen LogP contribution is -2.29. The van der Waals surface area contributed by atoms with Crippen LogP contribution in [0.25, 0.3) is 0 Å². The lowest BCUT2D eigenvalue weighted by atomic mass is 10.0. The number of methoxy groups -OCH3 is 1. The second-order valence-electron chi connectivity index (χ2n) is 6.88. The van der Waals surface area contributed by atoms with Crippen LogP contribution in [0.4, 0.5) is 11.5 Å². The summed E-state index contributed by atoms with van der Waals surface area (Å²) in [6.45, 7) is 3.49. The van der Waals surface area contributed by atoms with Crippen LogP contribution in [0.1, 0.15) is 37.8 Å². The van der Waals surface area contributed by atoms with E-state index in [-0.39, 0.29) is 18.2 Å². The molecule has 2 heterocycles. The molecular weight excluding hydrogens is 356 g/mol. The summed E-state index contributed by atoms with van der Waals surface area (Å²) in [5, 5.41) is 5.69. The standard InChI is InChI=1S/C21H26N4O3/c1-15(26)23-19(16-5-8-18(28-2)9-6-16)13-21(27)24-17-7-10-20(22-14-17)25-11-3-4-12-25/h5-10,14,19H,3-4,11-13H2,1-2H3,(H,23,26)(H,24,27). The van der Waals surface area contributed by atoms with Gasteiger partial charge >= 0.3 is 0 Å². The Morgan fingerprint density at radius 1 is 1.14 bits per heavy atom. The molecule has 1 aliphatic rings. The van der Waals surface area contributed by atoms with E-state index in [0.29, 0.717) is 5.69 Å². The molecule has 0 aliphatic carbocycles. The average Bonchev–Trinajstić information content (AvgIpc) is 3.22. The van der Waals surface area contributed by atoms with E-state index in [2.05, 4.69) is 20.5 Å². The summed E-state index contributed by atoms with van der Waals surface area (Å²) < 4.78 is 5.16. The minimum absolute atomic E-state index is 0.125. The van der Waals surface area contributed by atoms with Gasteiger partial charge in [0.2, 0.25) is 11.8 Å². The Hall–Kier alpha value is -3.09. The van der Waals surface area contributed by atoms with E-state index < -0.39 is 6.04 Å². The highest BCUT2D eigenvalue weighted by Gasteiger charge is 2.18. The Morgan fingerprint density at radius 3 is 2.43 bits per heavy atom. The van der Waals surface area contributed by atoms with Crippen LogP contribution < -0.4 is 20.3 Å². The molecule has 0 bridgehead atoms. The van der Waals surface area contributed by atoms with Crippen molar-refractivity contribution in [2.75, 3.05) is 30.4 Å². The lowest BCUT2D eigenvalue weighted by molar-refractivity contribution is -0.120. The molecule has 3 rings (SSSR count). The van der Waals surface area contributed by atoms with Crippen molar-refractivity contribution >= 4 is 23.3 Å². The molecule has 148 valence electrons. The fourth-order valence-electron chi connectivity index (χ4n) is 3.32. The topological polar surface area (TPSA) is 83.6 Å². The molecule has 0 saturated carbocycles. The van der Waals surface area contributed by atoms with E-state index in [1.54, 1.807) is 13.3 Å². The van der Waals surface area contributed by atoms with E-state index in [9.17, 15) is 9.59 Å². The van der Waals surface area contributed by atoms with E-state index in [1.807, 2.05) is 36.4 Å². The highest BCUT2D eigenvalue weighted by Crippen LogP contribution is 2.22. The molecule has 1 fully saturated rings. The molecular formula is C21H26N4O3. The van der Waals surface area contributed by atoms with Crippen molar-refractivity contribution in [3.05, 3.63) is 48.2 Å². The largest absolute Gasteiger partial charge is 0.497 e. The van der Waals surface area contributed by atoms with Crippen LogP contribution in [0.5, 0.6) is 5.75 Å². The third-order valence-electron chi connectivity index (χ3n) is 4.75. The summed E-state index contributed by atoms with van der Waals surface area (Å²) in [6, 6.07) is 10.7. The summed E-state index contributed by atoms with van der Waals surface area (Å²) in [4.78, 5) is 30.8. The number of hydrogen-bond donors (Lipinski definition) is 2. The normalized spacial score (nSPS) is 14.4. The molecule has 2 N–H and O–H groups in total. The summed E-state index contributed by atoms with van der Waals surface area (Å²) in [7, 11) is 1.59. The average molecular weight is 382 g/mol. The van der Waals surface area contributed by atoms with Crippen molar-refractivity contribution in [1.29, 1.82) is 0 Å². The van der Waals surface area contributed by atoms with Crippen LogP contribution >= 0.6 is 0 Å². The van der Waals surface area contributed by atoms with Crippen molar-refractivity contribution in [2.24, 2.45) is 0 Å². The van der Waals surface area contributed by atoms with Crippen molar-refractivity contribution in [1.82, 2.24) is 10.3 Å². The van der Waals surface area contributed by atoms with E-state index in [0.717, 1.165) is 30.2 Å². The number of nitrogens with one attached hydrogen (secondary N) is 2. The number of amides is 2. The molecule has 1 unspecified atom stereocenters. The maximum atomic E-state index is 12.5. The van der Waals surface area contributed by atoms with Crippen molar-refractivity contribution in [3.8, 4) is 5.75 Å². The van der Waals surface area contributed by atoms with Gasteiger partial charge in [-0.1, -0.05) is 12.1 Å². The predicted octanol–water partition coefficient (Wildman–Crippen LogP) is 2.90. The van der Waals surface area contributed by atoms with Gasteiger partial charge in [0.25, 0.3) is 0 Å². The molecule has 1 aliphatic heterocycles. The number of nitrogens with zero attached hydrogens (tertiary/aromatic N) is 2. The molecule has 0 radical (unpaired) electrons. The Kier molecular flexibility index (Phi) is 6.47. The van der Waals surface area contributed by atoms with Gasteiger partial charge in [-0.2, -0.15) is 0 Å². The van der Waals surface area contributed by atoms with Gasteiger partial charge in [0.15, 0.2) is 0 Å². The van der Waals surface area contributed by atoms with Gasteiger partial charge in [-0.05, 0) is 42.7 Å². The molecule has 7 nitrogen and oxygen atoms in total. The number of aromatic nitrogens is 1. The molecule has 2 aromatic rings. The van der Waals surface area contributed by atoms with Crippen LogP contribution in [0, 0.1) is 0 Å². The number of ether oxygens (including phenoxy) is 1. The maximum Gasteiger partial charge on any atom is 0.226 e. The zero-order valence-corrected chi connectivity index (χ0v) is 16.3. The van der Waals surface area contributed by atoms with Gasteiger partial charge in [0, 0.05) is 20.0 Å². The number of carbonyl (C=O) groups is 2. The van der Waals surface area contributed by atoms with Gasteiger partial charge < -0.3 is 20.3 Å². The highest BCUT2D eigenvalue weighted by atomic mass is 16.5. The van der Waals surface area contributed by atoms with Crippen molar-refractivity contribution in [2.45, 2.75) is 32.2 Å². The van der Waals surface area contributed by atoms with E-state index in [4.69, 9.17) is 4.74 Å². The van der Waals surface area contributed by atoms with Crippen LogP contribution in [-0.2, 0) is 9.59 Å². The number of pyridine rings is 1. The summed E-state index contributed by atoms with van der Waals surface area (Å²) in [5.41, 5.74) is 1.48. The Morgan fingerprint density at radius 2 is 1.86 bits per heavy atom. The minimum atomic E-state index is -0.416. The van der Waals surface area contributed by atoms with Gasteiger partial charge in [-0.3, -0.25) is 9.59 Å². The highest BCUT2D eigenvalue weighted by molar-refractivity contribution is 5.91. The zero-order chi connectivity index (χ0) is 19.9. The third-order valence-corrected chi connectivity index (χ3v) is 4.75. The number of rotatable bonds is 7. The van der Waals surface area contributed by atoms with E-state index >= 15 is 0 Å². The fourth-order valence-corrected chi connectivity index (χ4v) is 3.32.